The molecule has 0 radical (unpaired) electrons. The second-order valence-electron chi connectivity index (χ2n) is 7.14. The predicted octanol–water partition coefficient (Wildman–Crippen LogP) is 4.45. The van der Waals surface area contributed by atoms with Crippen molar-refractivity contribution in [2.75, 3.05) is 0 Å². The summed E-state index contributed by atoms with van der Waals surface area (Å²) in [6, 6.07) is 15.3. The number of Topliss-reactive ketones (excluding diaryl/α,β-unsaturated/α-hetero) is 1. The summed E-state index contributed by atoms with van der Waals surface area (Å²) in [7, 11) is 0. The first kappa shape index (κ1) is 18.7. The van der Waals surface area contributed by atoms with Crippen LogP contribution in [0.4, 0.5) is 4.79 Å². The highest BCUT2D eigenvalue weighted by molar-refractivity contribution is 5.97. The van der Waals surface area contributed by atoms with Crippen molar-refractivity contribution in [3.63, 3.8) is 0 Å². The van der Waals surface area contributed by atoms with Crippen LogP contribution in [0.15, 0.2) is 48.5 Å². The molecular weight excluding hydrogens is 314 g/mol. The zero-order valence-electron chi connectivity index (χ0n) is 15.3. The van der Waals surface area contributed by atoms with E-state index in [-0.39, 0.29) is 5.78 Å². The molecule has 0 aliphatic heterocycles. The fraction of sp³-hybridized carbons (Fsp3) is 0.333. The van der Waals surface area contributed by atoms with Crippen LogP contribution in [0.25, 0.3) is 0 Å². The number of carbonyl (C=O) groups is 2. The number of rotatable bonds is 5. The van der Waals surface area contributed by atoms with Gasteiger partial charge in [0, 0.05) is 18.5 Å². The summed E-state index contributed by atoms with van der Waals surface area (Å²) in [5.41, 5.74) is 3.25. The van der Waals surface area contributed by atoms with E-state index in [1.54, 1.807) is 12.1 Å². The van der Waals surface area contributed by atoms with Crippen LogP contribution in [0.1, 0.15) is 47.8 Å². The molecular formula is C21H25NO3. The zero-order chi connectivity index (χ0) is 18.4. The van der Waals surface area contributed by atoms with Gasteiger partial charge >= 0.3 is 6.09 Å². The Bertz CT molecular complexity index is 725. The molecule has 4 heteroatoms. The maximum atomic E-state index is 12.3. The summed E-state index contributed by atoms with van der Waals surface area (Å²) in [6.45, 7) is 7.85. The summed E-state index contributed by atoms with van der Waals surface area (Å²) in [6.07, 6.45) is -0.0671. The first-order chi connectivity index (χ1) is 11.7. The van der Waals surface area contributed by atoms with Gasteiger partial charge in [0.05, 0.1) is 0 Å². The molecule has 0 unspecified atom stereocenters. The highest BCUT2D eigenvalue weighted by atomic mass is 16.6. The zero-order valence-corrected chi connectivity index (χ0v) is 15.3. The van der Waals surface area contributed by atoms with Crippen LogP contribution in [-0.4, -0.2) is 17.5 Å². The Kier molecular flexibility index (Phi) is 5.97. The van der Waals surface area contributed by atoms with E-state index in [0.29, 0.717) is 18.5 Å². The van der Waals surface area contributed by atoms with Crippen molar-refractivity contribution < 1.29 is 14.3 Å². The highest BCUT2D eigenvalue weighted by Gasteiger charge is 2.15. The van der Waals surface area contributed by atoms with E-state index in [9.17, 15) is 9.59 Å². The van der Waals surface area contributed by atoms with E-state index in [0.717, 1.165) is 11.1 Å². The Balaban J connectivity index is 1.89. The minimum absolute atomic E-state index is 0.0792. The number of hydrogen-bond acceptors (Lipinski definition) is 3. The van der Waals surface area contributed by atoms with Gasteiger partial charge in [0.25, 0.3) is 0 Å². The number of carbonyl (C=O) groups excluding carboxylic acids is 2. The van der Waals surface area contributed by atoms with Crippen molar-refractivity contribution in [2.24, 2.45) is 0 Å². The summed E-state index contributed by atoms with van der Waals surface area (Å²) in [5.74, 6) is 0.0792. The van der Waals surface area contributed by atoms with Crippen molar-refractivity contribution >= 4 is 11.9 Å². The lowest BCUT2D eigenvalue weighted by atomic mass is 10.0. The number of ether oxygens (including phenoxy) is 1. The van der Waals surface area contributed by atoms with Crippen molar-refractivity contribution in [2.45, 2.75) is 46.3 Å². The molecule has 0 bridgehead atoms. The van der Waals surface area contributed by atoms with Gasteiger partial charge in [0.2, 0.25) is 0 Å². The van der Waals surface area contributed by atoms with Gasteiger partial charge in [0.15, 0.2) is 5.78 Å². The molecule has 132 valence electrons. The van der Waals surface area contributed by atoms with Crippen LogP contribution < -0.4 is 5.32 Å². The van der Waals surface area contributed by atoms with Gasteiger partial charge in [-0.15, -0.1) is 0 Å². The first-order valence-electron chi connectivity index (χ1n) is 8.37. The van der Waals surface area contributed by atoms with Gasteiger partial charge in [-0.05, 0) is 38.8 Å². The number of benzene rings is 2. The largest absolute Gasteiger partial charge is 0.444 e. The average Bonchev–Trinajstić information content (AvgIpc) is 2.54. The van der Waals surface area contributed by atoms with E-state index in [2.05, 4.69) is 5.32 Å². The number of ketones is 1. The van der Waals surface area contributed by atoms with Crippen LogP contribution in [0.3, 0.4) is 0 Å². The number of amides is 1. The second kappa shape index (κ2) is 7.97. The van der Waals surface area contributed by atoms with Crippen LogP contribution in [0.2, 0.25) is 0 Å². The first-order valence-corrected chi connectivity index (χ1v) is 8.37. The Hall–Kier alpha value is -2.62. The highest BCUT2D eigenvalue weighted by Crippen LogP contribution is 2.11. The fourth-order valence-corrected chi connectivity index (χ4v) is 2.29. The third kappa shape index (κ3) is 6.42. The Labute approximate surface area is 149 Å². The number of nitrogens with one attached hydrogen (secondary N) is 1. The summed E-state index contributed by atoms with van der Waals surface area (Å²) >= 11 is 0. The fourth-order valence-electron chi connectivity index (χ4n) is 2.29. The molecule has 0 aliphatic carbocycles. The van der Waals surface area contributed by atoms with Gasteiger partial charge in [-0.2, -0.15) is 0 Å². The topological polar surface area (TPSA) is 55.4 Å². The van der Waals surface area contributed by atoms with Gasteiger partial charge in [-0.1, -0.05) is 54.1 Å². The maximum absolute atomic E-state index is 12.3. The maximum Gasteiger partial charge on any atom is 0.407 e. The van der Waals surface area contributed by atoms with E-state index >= 15 is 0 Å². The van der Waals surface area contributed by atoms with Crippen molar-refractivity contribution in [3.05, 3.63) is 70.8 Å². The molecule has 1 amide bonds. The molecule has 2 aromatic carbocycles. The molecule has 0 spiro atoms. The quantitative estimate of drug-likeness (QED) is 0.819. The third-order valence-electron chi connectivity index (χ3n) is 3.60. The molecule has 0 saturated heterocycles. The van der Waals surface area contributed by atoms with E-state index in [1.165, 1.54) is 5.56 Å². The molecule has 4 nitrogen and oxygen atoms in total. The number of aryl methyl sites for hydroxylation is 1. The van der Waals surface area contributed by atoms with E-state index in [4.69, 9.17) is 4.74 Å². The van der Waals surface area contributed by atoms with Crippen LogP contribution in [0.5, 0.6) is 0 Å². The molecule has 2 rings (SSSR count). The van der Waals surface area contributed by atoms with Crippen LogP contribution in [0, 0.1) is 6.92 Å². The van der Waals surface area contributed by atoms with Gasteiger partial charge in [-0.3, -0.25) is 4.79 Å². The lowest BCUT2D eigenvalue weighted by molar-refractivity contribution is 0.0523. The standard InChI is InChI=1S/C21H25NO3/c1-15-5-7-16(8-6-15)13-19(23)18-11-9-17(10-12-18)14-22-20(24)25-21(2,3)4/h5-12H,13-14H2,1-4H3,(H,22,24). The lowest BCUT2D eigenvalue weighted by Gasteiger charge is -2.19. The SMILES string of the molecule is Cc1ccc(CC(=O)c2ccc(CNC(=O)OC(C)(C)C)cc2)cc1. The average molecular weight is 339 g/mol. The Morgan fingerprint density at radius 1 is 0.920 bits per heavy atom. The van der Waals surface area contributed by atoms with E-state index in [1.807, 2.05) is 64.1 Å². The molecule has 0 saturated carbocycles. The van der Waals surface area contributed by atoms with Crippen molar-refractivity contribution in [1.82, 2.24) is 5.32 Å². The molecule has 0 heterocycles. The second-order valence-corrected chi connectivity index (χ2v) is 7.14. The lowest BCUT2D eigenvalue weighted by Crippen LogP contribution is -2.32. The van der Waals surface area contributed by atoms with Crippen molar-refractivity contribution in [3.8, 4) is 0 Å². The smallest absolute Gasteiger partial charge is 0.407 e. The van der Waals surface area contributed by atoms with E-state index < -0.39 is 11.7 Å². The molecule has 0 fully saturated rings. The Morgan fingerprint density at radius 2 is 1.48 bits per heavy atom. The van der Waals surface area contributed by atoms with Gasteiger partial charge in [-0.25, -0.2) is 4.79 Å². The van der Waals surface area contributed by atoms with Crippen LogP contribution >= 0.6 is 0 Å². The van der Waals surface area contributed by atoms with Crippen LogP contribution in [-0.2, 0) is 17.7 Å². The molecule has 0 aliphatic rings. The predicted molar refractivity (Wildman–Crippen MR) is 98.7 cm³/mol. The molecule has 0 aromatic heterocycles. The minimum Gasteiger partial charge on any atom is -0.444 e. The van der Waals surface area contributed by atoms with Crippen molar-refractivity contribution in [1.29, 1.82) is 0 Å². The normalized spacial score (nSPS) is 11.0. The summed E-state index contributed by atoms with van der Waals surface area (Å²) in [4.78, 5) is 24.0. The minimum atomic E-state index is -0.518. The van der Waals surface area contributed by atoms with Gasteiger partial charge in [0.1, 0.15) is 5.60 Å². The molecule has 25 heavy (non-hydrogen) atoms. The number of hydrogen-bond donors (Lipinski definition) is 1. The summed E-state index contributed by atoms with van der Waals surface area (Å²) < 4.78 is 5.19. The molecule has 1 N–H and O–H groups in total. The Morgan fingerprint density at radius 3 is 2.04 bits per heavy atom. The number of alkyl carbamates (subject to hydrolysis) is 1. The molecule has 0 atom stereocenters. The summed E-state index contributed by atoms with van der Waals surface area (Å²) in [5, 5.41) is 2.70. The third-order valence-corrected chi connectivity index (χ3v) is 3.60. The monoisotopic (exact) mass is 339 g/mol. The van der Waals surface area contributed by atoms with Gasteiger partial charge < -0.3 is 10.1 Å². The molecule has 2 aromatic rings.